The smallest absolute Gasteiger partial charge is 0.247 e. The predicted molar refractivity (Wildman–Crippen MR) is 100.0 cm³/mol. The zero-order valence-corrected chi connectivity index (χ0v) is 13.4. The zero-order chi connectivity index (χ0) is 16.8. The second-order valence-corrected chi connectivity index (χ2v) is 5.55. The van der Waals surface area contributed by atoms with Crippen LogP contribution in [0, 0.1) is 0 Å². The van der Waals surface area contributed by atoms with E-state index in [-0.39, 0.29) is 5.91 Å². The number of benzene rings is 3. The first-order valence-electron chi connectivity index (χ1n) is 7.92. The Morgan fingerprint density at radius 3 is 1.83 bits per heavy atom. The van der Waals surface area contributed by atoms with Gasteiger partial charge in [-0.3, -0.25) is 4.79 Å². The SMILES string of the molecule is C=CC(=O)Nc1ccccc1.c1ccc2c(c1)Cc1ccccc1-2. The minimum absolute atomic E-state index is 0.184. The summed E-state index contributed by atoms with van der Waals surface area (Å²) in [6, 6.07) is 26.6. The van der Waals surface area contributed by atoms with Crippen LogP contribution in [0.5, 0.6) is 0 Å². The van der Waals surface area contributed by atoms with Crippen LogP contribution in [0.25, 0.3) is 11.1 Å². The number of fused-ring (bicyclic) bond motifs is 3. The Morgan fingerprint density at radius 1 is 0.792 bits per heavy atom. The summed E-state index contributed by atoms with van der Waals surface area (Å²) in [5.74, 6) is -0.184. The first kappa shape index (κ1) is 15.8. The molecule has 0 aromatic heterocycles. The highest BCUT2D eigenvalue weighted by atomic mass is 16.1. The van der Waals surface area contributed by atoms with Crippen molar-refractivity contribution in [3.63, 3.8) is 0 Å². The first-order chi connectivity index (χ1) is 11.8. The van der Waals surface area contributed by atoms with Crippen molar-refractivity contribution >= 4 is 11.6 Å². The van der Waals surface area contributed by atoms with E-state index in [4.69, 9.17) is 0 Å². The third kappa shape index (κ3) is 3.61. The van der Waals surface area contributed by atoms with E-state index in [1.54, 1.807) is 0 Å². The van der Waals surface area contributed by atoms with Gasteiger partial charge in [-0.05, 0) is 46.9 Å². The molecule has 2 heteroatoms. The van der Waals surface area contributed by atoms with Gasteiger partial charge in [0, 0.05) is 5.69 Å². The molecule has 0 saturated carbocycles. The molecule has 1 amide bonds. The molecule has 3 aromatic carbocycles. The van der Waals surface area contributed by atoms with Crippen LogP contribution in [0.4, 0.5) is 5.69 Å². The molecule has 1 N–H and O–H groups in total. The Morgan fingerprint density at radius 2 is 1.29 bits per heavy atom. The van der Waals surface area contributed by atoms with Crippen LogP contribution in [0.1, 0.15) is 11.1 Å². The molecule has 0 saturated heterocycles. The molecular formula is C22H19NO. The topological polar surface area (TPSA) is 29.1 Å². The van der Waals surface area contributed by atoms with E-state index in [1.807, 2.05) is 30.3 Å². The van der Waals surface area contributed by atoms with Gasteiger partial charge in [0.15, 0.2) is 0 Å². The molecule has 0 bridgehead atoms. The summed E-state index contributed by atoms with van der Waals surface area (Å²) in [7, 11) is 0. The molecule has 0 unspecified atom stereocenters. The standard InChI is InChI=1S/C13H10.C9H9NO/c1-3-7-12-10(5-1)9-11-6-2-4-8-13(11)12;1-2-9(11)10-8-6-4-3-5-7-8/h1-8H,9H2;2-7H,1H2,(H,10,11). The summed E-state index contributed by atoms with van der Waals surface area (Å²) in [5.41, 5.74) is 6.54. The number of hydrogen-bond acceptors (Lipinski definition) is 1. The van der Waals surface area contributed by atoms with Gasteiger partial charge in [0.1, 0.15) is 0 Å². The molecule has 0 aliphatic heterocycles. The van der Waals surface area contributed by atoms with Crippen molar-refractivity contribution in [1.29, 1.82) is 0 Å². The average molecular weight is 313 g/mol. The lowest BCUT2D eigenvalue weighted by Crippen LogP contribution is -2.06. The van der Waals surface area contributed by atoms with Crippen LogP contribution in [0.3, 0.4) is 0 Å². The van der Waals surface area contributed by atoms with E-state index in [1.165, 1.54) is 28.3 Å². The number of para-hydroxylation sites is 1. The molecule has 0 atom stereocenters. The van der Waals surface area contributed by atoms with E-state index in [9.17, 15) is 4.79 Å². The molecule has 118 valence electrons. The molecular weight excluding hydrogens is 294 g/mol. The molecule has 3 aromatic rings. The van der Waals surface area contributed by atoms with Crippen molar-refractivity contribution in [1.82, 2.24) is 0 Å². The molecule has 24 heavy (non-hydrogen) atoms. The van der Waals surface area contributed by atoms with Crippen molar-refractivity contribution in [3.05, 3.63) is 103 Å². The average Bonchev–Trinajstić information content (AvgIpc) is 3.02. The predicted octanol–water partition coefficient (Wildman–Crippen LogP) is 5.07. The van der Waals surface area contributed by atoms with Crippen LogP contribution in [0.2, 0.25) is 0 Å². The fraction of sp³-hybridized carbons (Fsp3) is 0.0455. The lowest BCUT2D eigenvalue weighted by Gasteiger charge is -1.98. The summed E-state index contributed by atoms with van der Waals surface area (Å²) in [6.07, 6.45) is 2.35. The maximum atomic E-state index is 10.8. The van der Waals surface area contributed by atoms with Gasteiger partial charge >= 0.3 is 0 Å². The molecule has 2 nitrogen and oxygen atoms in total. The Labute approximate surface area is 142 Å². The van der Waals surface area contributed by atoms with Gasteiger partial charge in [-0.2, -0.15) is 0 Å². The monoisotopic (exact) mass is 313 g/mol. The third-order valence-electron chi connectivity index (χ3n) is 3.93. The number of nitrogens with one attached hydrogen (secondary N) is 1. The third-order valence-corrected chi connectivity index (χ3v) is 3.93. The number of anilines is 1. The van der Waals surface area contributed by atoms with Gasteiger partial charge in [0.25, 0.3) is 0 Å². The number of carbonyl (C=O) groups excluding carboxylic acids is 1. The van der Waals surface area contributed by atoms with E-state index < -0.39 is 0 Å². The van der Waals surface area contributed by atoms with E-state index in [0.717, 1.165) is 12.1 Å². The van der Waals surface area contributed by atoms with Crippen molar-refractivity contribution < 1.29 is 4.79 Å². The highest BCUT2D eigenvalue weighted by Crippen LogP contribution is 2.35. The Hall–Kier alpha value is -3.13. The molecule has 0 spiro atoms. The van der Waals surface area contributed by atoms with Crippen molar-refractivity contribution in [2.45, 2.75) is 6.42 Å². The minimum Gasteiger partial charge on any atom is -0.323 e. The Kier molecular flexibility index (Phi) is 4.87. The van der Waals surface area contributed by atoms with Gasteiger partial charge in [-0.15, -0.1) is 0 Å². The summed E-state index contributed by atoms with van der Waals surface area (Å²) < 4.78 is 0. The van der Waals surface area contributed by atoms with Crippen LogP contribution in [-0.2, 0) is 11.2 Å². The van der Waals surface area contributed by atoms with Crippen molar-refractivity contribution in [3.8, 4) is 11.1 Å². The quantitative estimate of drug-likeness (QED) is 0.514. The summed E-state index contributed by atoms with van der Waals surface area (Å²) in [5, 5.41) is 2.63. The molecule has 4 rings (SSSR count). The van der Waals surface area contributed by atoms with Crippen LogP contribution >= 0.6 is 0 Å². The molecule has 0 fully saturated rings. The second-order valence-electron chi connectivity index (χ2n) is 5.55. The summed E-state index contributed by atoms with van der Waals surface area (Å²) >= 11 is 0. The molecule has 0 heterocycles. The number of hydrogen-bond donors (Lipinski definition) is 1. The first-order valence-corrected chi connectivity index (χ1v) is 7.92. The molecule has 0 radical (unpaired) electrons. The lowest BCUT2D eigenvalue weighted by molar-refractivity contribution is -0.111. The Balaban J connectivity index is 0.000000144. The maximum Gasteiger partial charge on any atom is 0.247 e. The number of amides is 1. The van der Waals surface area contributed by atoms with E-state index in [2.05, 4.69) is 60.4 Å². The van der Waals surface area contributed by atoms with Gasteiger partial charge in [-0.1, -0.05) is 73.3 Å². The molecule has 1 aliphatic carbocycles. The van der Waals surface area contributed by atoms with E-state index in [0.29, 0.717) is 0 Å². The van der Waals surface area contributed by atoms with Gasteiger partial charge in [-0.25, -0.2) is 0 Å². The maximum absolute atomic E-state index is 10.8. The van der Waals surface area contributed by atoms with Gasteiger partial charge < -0.3 is 5.32 Å². The van der Waals surface area contributed by atoms with Gasteiger partial charge in [0.05, 0.1) is 0 Å². The number of rotatable bonds is 2. The van der Waals surface area contributed by atoms with Crippen LogP contribution in [-0.4, -0.2) is 5.91 Å². The zero-order valence-electron chi connectivity index (χ0n) is 13.4. The lowest BCUT2D eigenvalue weighted by atomic mass is 10.1. The Bertz CT molecular complexity index is 809. The van der Waals surface area contributed by atoms with Crippen molar-refractivity contribution in [2.75, 3.05) is 5.32 Å². The second kappa shape index (κ2) is 7.42. The number of carbonyl (C=O) groups is 1. The fourth-order valence-corrected chi connectivity index (χ4v) is 2.79. The fourth-order valence-electron chi connectivity index (χ4n) is 2.79. The highest BCUT2D eigenvalue weighted by Gasteiger charge is 2.15. The summed E-state index contributed by atoms with van der Waals surface area (Å²) in [4.78, 5) is 10.8. The molecule has 1 aliphatic rings. The van der Waals surface area contributed by atoms with Crippen LogP contribution in [0.15, 0.2) is 91.5 Å². The summed E-state index contributed by atoms with van der Waals surface area (Å²) in [6.45, 7) is 3.34. The largest absolute Gasteiger partial charge is 0.323 e. The van der Waals surface area contributed by atoms with Crippen LogP contribution < -0.4 is 5.32 Å². The minimum atomic E-state index is -0.184. The van der Waals surface area contributed by atoms with E-state index >= 15 is 0 Å². The normalized spacial score (nSPS) is 10.7. The van der Waals surface area contributed by atoms with Gasteiger partial charge in [0.2, 0.25) is 5.91 Å². The van der Waals surface area contributed by atoms with Crippen molar-refractivity contribution in [2.24, 2.45) is 0 Å². The highest BCUT2D eigenvalue weighted by molar-refractivity contribution is 5.98.